The van der Waals surface area contributed by atoms with E-state index >= 15 is 0 Å². The Morgan fingerprint density at radius 2 is 1.84 bits per heavy atom. The van der Waals surface area contributed by atoms with Gasteiger partial charge < -0.3 is 16.0 Å². The van der Waals surface area contributed by atoms with E-state index in [1.807, 2.05) is 60.6 Å². The highest BCUT2D eigenvalue weighted by Crippen LogP contribution is 2.66. The molecule has 3 fully saturated rings. The summed E-state index contributed by atoms with van der Waals surface area (Å²) in [5.74, 6) is 1.78. The fraction of sp³-hybridized carbons (Fsp3) is 0.394. The Morgan fingerprint density at radius 3 is 2.50 bits per heavy atom. The Hall–Kier alpha value is -4.98. The van der Waals surface area contributed by atoms with Gasteiger partial charge in [0.25, 0.3) is 0 Å². The molecule has 3 saturated carbocycles. The topological polar surface area (TPSA) is 137 Å². The maximum Gasteiger partial charge on any atom is 0.323 e. The molecule has 11 heteroatoms. The molecule has 44 heavy (non-hydrogen) atoms. The molecule has 1 aromatic carbocycles. The van der Waals surface area contributed by atoms with Gasteiger partial charge in [0.05, 0.1) is 12.4 Å². The second kappa shape index (κ2) is 11.6. The number of nitriles is 1. The molecular formula is C33H36N10O. The molecule has 11 nitrogen and oxygen atoms in total. The molecule has 3 aliphatic rings. The van der Waals surface area contributed by atoms with Crippen molar-refractivity contribution in [3.05, 3.63) is 78.4 Å². The molecule has 0 bridgehead atoms. The highest BCUT2D eigenvalue weighted by molar-refractivity contribution is 5.91. The number of carbonyl (C=O) groups is 1. The Morgan fingerprint density at radius 1 is 1.02 bits per heavy atom. The van der Waals surface area contributed by atoms with Crippen LogP contribution >= 0.6 is 0 Å². The number of aromatic nitrogens is 5. The van der Waals surface area contributed by atoms with E-state index in [2.05, 4.69) is 37.1 Å². The van der Waals surface area contributed by atoms with Crippen LogP contribution in [0.25, 0.3) is 11.1 Å². The van der Waals surface area contributed by atoms with E-state index in [1.54, 1.807) is 23.3 Å². The van der Waals surface area contributed by atoms with Crippen molar-refractivity contribution in [3.8, 4) is 17.2 Å². The Labute approximate surface area is 256 Å². The van der Waals surface area contributed by atoms with Crippen LogP contribution in [0.2, 0.25) is 0 Å². The van der Waals surface area contributed by atoms with E-state index in [9.17, 15) is 10.1 Å². The van der Waals surface area contributed by atoms with Gasteiger partial charge in [-0.15, -0.1) is 0 Å². The summed E-state index contributed by atoms with van der Waals surface area (Å²) in [6, 6.07) is 16.4. The van der Waals surface area contributed by atoms with Crippen molar-refractivity contribution >= 4 is 23.6 Å². The second-order valence-electron chi connectivity index (χ2n) is 12.3. The number of rotatable bonds is 9. The van der Waals surface area contributed by atoms with E-state index in [-0.39, 0.29) is 18.1 Å². The molecule has 0 saturated heterocycles. The van der Waals surface area contributed by atoms with Crippen molar-refractivity contribution in [2.45, 2.75) is 69.6 Å². The molecule has 7 rings (SSSR count). The summed E-state index contributed by atoms with van der Waals surface area (Å²) in [6.07, 6.45) is 14.1. The number of hydrogen-bond acceptors (Lipinski definition) is 8. The lowest BCUT2D eigenvalue weighted by molar-refractivity contribution is 0.240. The van der Waals surface area contributed by atoms with Gasteiger partial charge in [0.15, 0.2) is 0 Å². The van der Waals surface area contributed by atoms with Gasteiger partial charge in [-0.05, 0) is 68.1 Å². The van der Waals surface area contributed by atoms with E-state index in [4.69, 9.17) is 4.98 Å². The van der Waals surface area contributed by atoms with Crippen molar-refractivity contribution in [2.75, 3.05) is 15.5 Å². The third kappa shape index (κ3) is 5.93. The minimum Gasteiger partial charge on any atom is -0.365 e. The third-order valence-electron chi connectivity index (χ3n) is 9.24. The summed E-state index contributed by atoms with van der Waals surface area (Å²) in [5.41, 5.74) is 3.90. The largest absolute Gasteiger partial charge is 0.365 e. The molecule has 4 aromatic rings. The number of anilines is 3. The minimum absolute atomic E-state index is 0.00993. The van der Waals surface area contributed by atoms with Crippen LogP contribution in [0.4, 0.5) is 22.4 Å². The number of pyridine rings is 1. The standard InChI is InChI=1S/C33H36N10O/c1-42-21-25(20-38-42)23-7-12-29(35-18-23)43(32(44)37-17-22-5-3-2-4-6-22)27-10-8-26(9-11-27)39-31-36-19-24(16-34)30(41-31)40-28-15-33(28)13-14-33/h2-7,12,18-21,26-28H,8-11,13-15,17H2,1H3,(H,37,44)(H2,36,39,40,41). The smallest absolute Gasteiger partial charge is 0.323 e. The normalized spacial score (nSPS) is 21.2. The number of urea groups is 1. The summed E-state index contributed by atoms with van der Waals surface area (Å²) in [5, 5.41) is 23.9. The maximum atomic E-state index is 13.7. The van der Waals surface area contributed by atoms with Crippen LogP contribution in [0.15, 0.2) is 67.3 Å². The Balaban J connectivity index is 1.03. The molecular weight excluding hydrogens is 552 g/mol. The molecule has 1 spiro atoms. The average molecular weight is 589 g/mol. The van der Waals surface area contributed by atoms with Gasteiger partial charge in [0.1, 0.15) is 23.3 Å². The number of aryl methyl sites for hydroxylation is 1. The van der Waals surface area contributed by atoms with E-state index < -0.39 is 0 Å². The van der Waals surface area contributed by atoms with Gasteiger partial charge in [-0.1, -0.05) is 30.3 Å². The van der Waals surface area contributed by atoms with Crippen molar-refractivity contribution in [1.82, 2.24) is 30.0 Å². The molecule has 3 N–H and O–H groups in total. The first kappa shape index (κ1) is 27.8. The number of hydrogen-bond donors (Lipinski definition) is 3. The summed E-state index contributed by atoms with van der Waals surface area (Å²) in [4.78, 5) is 29.3. The first-order chi connectivity index (χ1) is 21.5. The quantitative estimate of drug-likeness (QED) is 0.241. The van der Waals surface area contributed by atoms with Crippen LogP contribution in [0.1, 0.15) is 56.1 Å². The summed E-state index contributed by atoms with van der Waals surface area (Å²) < 4.78 is 1.76. The van der Waals surface area contributed by atoms with Crippen LogP contribution in [0.5, 0.6) is 0 Å². The lowest BCUT2D eigenvalue weighted by Gasteiger charge is -2.36. The molecule has 2 amide bonds. The molecule has 3 aliphatic carbocycles. The number of nitrogens with one attached hydrogen (secondary N) is 3. The van der Waals surface area contributed by atoms with Gasteiger partial charge >= 0.3 is 6.03 Å². The summed E-state index contributed by atoms with van der Waals surface area (Å²) in [6.45, 7) is 0.440. The Bertz CT molecular complexity index is 1670. The highest BCUT2D eigenvalue weighted by atomic mass is 16.2. The van der Waals surface area contributed by atoms with Crippen molar-refractivity contribution in [2.24, 2.45) is 12.5 Å². The number of benzene rings is 1. The van der Waals surface area contributed by atoms with Crippen LogP contribution < -0.4 is 20.9 Å². The minimum atomic E-state index is -0.161. The first-order valence-electron chi connectivity index (χ1n) is 15.4. The molecule has 3 heterocycles. The second-order valence-corrected chi connectivity index (χ2v) is 12.3. The molecule has 3 aromatic heterocycles. The Kier molecular flexibility index (Phi) is 7.34. The van der Waals surface area contributed by atoms with E-state index in [0.717, 1.165) is 48.8 Å². The first-order valence-corrected chi connectivity index (χ1v) is 15.4. The van der Waals surface area contributed by atoms with Crippen LogP contribution in [-0.4, -0.2) is 48.9 Å². The molecule has 0 radical (unpaired) electrons. The summed E-state index contributed by atoms with van der Waals surface area (Å²) >= 11 is 0. The van der Waals surface area contributed by atoms with Crippen molar-refractivity contribution in [3.63, 3.8) is 0 Å². The zero-order valence-electron chi connectivity index (χ0n) is 24.8. The molecule has 1 atom stereocenters. The van der Waals surface area contributed by atoms with Gasteiger partial charge in [0.2, 0.25) is 5.95 Å². The third-order valence-corrected chi connectivity index (χ3v) is 9.24. The summed E-state index contributed by atoms with van der Waals surface area (Å²) in [7, 11) is 1.88. The molecule has 0 aliphatic heterocycles. The predicted octanol–water partition coefficient (Wildman–Crippen LogP) is 5.25. The van der Waals surface area contributed by atoms with E-state index in [1.165, 1.54) is 12.8 Å². The van der Waals surface area contributed by atoms with Gasteiger partial charge in [-0.25, -0.2) is 14.8 Å². The van der Waals surface area contributed by atoms with Crippen molar-refractivity contribution < 1.29 is 4.79 Å². The van der Waals surface area contributed by atoms with Gasteiger partial charge in [-0.2, -0.15) is 15.3 Å². The van der Waals surface area contributed by atoms with E-state index in [0.29, 0.717) is 41.1 Å². The van der Waals surface area contributed by atoms with Crippen LogP contribution in [0, 0.1) is 16.7 Å². The fourth-order valence-corrected chi connectivity index (χ4v) is 6.32. The zero-order valence-corrected chi connectivity index (χ0v) is 24.8. The average Bonchev–Trinajstić information content (AvgIpc) is 3.93. The van der Waals surface area contributed by atoms with Crippen LogP contribution in [-0.2, 0) is 13.6 Å². The zero-order chi connectivity index (χ0) is 30.1. The molecule has 1 unspecified atom stereocenters. The fourth-order valence-electron chi connectivity index (χ4n) is 6.32. The monoisotopic (exact) mass is 588 g/mol. The number of amides is 2. The molecule has 224 valence electrons. The predicted molar refractivity (Wildman–Crippen MR) is 168 cm³/mol. The number of carbonyl (C=O) groups excluding carboxylic acids is 1. The van der Waals surface area contributed by atoms with Crippen molar-refractivity contribution in [1.29, 1.82) is 5.26 Å². The number of nitrogens with zero attached hydrogens (tertiary/aromatic N) is 7. The lowest BCUT2D eigenvalue weighted by Crippen LogP contribution is -2.49. The van der Waals surface area contributed by atoms with Gasteiger partial charge in [0, 0.05) is 55.2 Å². The lowest BCUT2D eigenvalue weighted by atomic mass is 9.90. The SMILES string of the molecule is Cn1cc(-c2ccc(N(C(=O)NCc3ccccc3)C3CCC(Nc4ncc(C#N)c(NC5CC56CC6)n4)CC3)nc2)cn1. The highest BCUT2D eigenvalue weighted by Gasteiger charge is 2.63. The van der Waals surface area contributed by atoms with Gasteiger partial charge in [-0.3, -0.25) is 9.58 Å². The van der Waals surface area contributed by atoms with Crippen LogP contribution in [0.3, 0.4) is 0 Å². The maximum absolute atomic E-state index is 13.7.